The Balaban J connectivity index is 1.12. The van der Waals surface area contributed by atoms with Crippen molar-refractivity contribution in [2.24, 2.45) is 5.92 Å². The van der Waals surface area contributed by atoms with Gasteiger partial charge in [-0.05, 0) is 49.9 Å². The Morgan fingerprint density at radius 1 is 0.950 bits per heavy atom. The molecule has 312 valence electrons. The molecule has 0 bridgehead atoms. The second-order valence-corrected chi connectivity index (χ2v) is 17.8. The Bertz CT molecular complexity index is 2360. The normalized spacial score (nSPS) is 23.4. The summed E-state index contributed by atoms with van der Waals surface area (Å²) in [5.74, 6) is 0.382. The van der Waals surface area contributed by atoms with Gasteiger partial charge in [0.25, 0.3) is 5.91 Å². The number of allylic oxidation sites excluding steroid dienone is 1. The van der Waals surface area contributed by atoms with Crippen LogP contribution >= 0.6 is 11.3 Å². The first-order valence-electron chi connectivity index (χ1n) is 20.8. The molecule has 2 aliphatic heterocycles. The van der Waals surface area contributed by atoms with Gasteiger partial charge in [0.1, 0.15) is 35.2 Å². The van der Waals surface area contributed by atoms with Crippen LogP contribution < -0.4 is 30.4 Å². The van der Waals surface area contributed by atoms with Gasteiger partial charge in [-0.25, -0.2) is 9.97 Å². The van der Waals surface area contributed by atoms with Crippen molar-refractivity contribution < 1.29 is 28.7 Å². The fourth-order valence-corrected chi connectivity index (χ4v) is 9.01. The first kappa shape index (κ1) is 40.8. The van der Waals surface area contributed by atoms with E-state index in [2.05, 4.69) is 43.0 Å². The lowest BCUT2D eigenvalue weighted by Crippen LogP contribution is -2.57. The molecule has 2 fully saturated rings. The van der Waals surface area contributed by atoms with Crippen molar-refractivity contribution in [1.82, 2.24) is 25.7 Å². The number of rotatable bonds is 9. The summed E-state index contributed by atoms with van der Waals surface area (Å²) in [5, 5.41) is 10.1. The number of carbonyl (C=O) groups excluding carboxylic acids is 3. The molecule has 1 saturated heterocycles. The van der Waals surface area contributed by atoms with E-state index in [1.54, 1.807) is 24.1 Å². The Morgan fingerprint density at radius 3 is 2.48 bits per heavy atom. The quantitative estimate of drug-likeness (QED) is 0.0995. The van der Waals surface area contributed by atoms with E-state index in [1.807, 2.05) is 84.3 Å². The molecule has 5 atom stereocenters. The second-order valence-electron chi connectivity index (χ2n) is 16.9. The second kappa shape index (κ2) is 17.3. The van der Waals surface area contributed by atoms with Gasteiger partial charge in [-0.3, -0.25) is 14.4 Å². The summed E-state index contributed by atoms with van der Waals surface area (Å²) in [6, 6.07) is 24.8. The number of fused-ring (bicyclic) bond motifs is 3. The van der Waals surface area contributed by atoms with E-state index >= 15 is 0 Å². The van der Waals surface area contributed by atoms with Crippen LogP contribution in [0.5, 0.6) is 17.2 Å². The summed E-state index contributed by atoms with van der Waals surface area (Å²) in [4.78, 5) is 60.8. The molecule has 3 aliphatic rings. The van der Waals surface area contributed by atoms with Crippen LogP contribution in [0.3, 0.4) is 0 Å². The predicted molar refractivity (Wildman–Crippen MR) is 233 cm³/mol. The Labute approximate surface area is 354 Å². The molecule has 3 amide bonds. The van der Waals surface area contributed by atoms with Gasteiger partial charge >= 0.3 is 0 Å². The molecule has 3 aromatic carbocycles. The van der Waals surface area contributed by atoms with E-state index in [0.717, 1.165) is 42.3 Å². The molecule has 13 heteroatoms. The highest BCUT2D eigenvalue weighted by Gasteiger charge is 2.61. The average Bonchev–Trinajstić information content (AvgIpc) is 3.52. The zero-order valence-corrected chi connectivity index (χ0v) is 35.3. The number of para-hydroxylation sites is 1. The maximum Gasteiger partial charge on any atom is 0.278 e. The number of thiazole rings is 1. The fraction of sp³-hybridized carbons (Fsp3) is 0.383. The van der Waals surface area contributed by atoms with E-state index in [9.17, 15) is 14.4 Å². The molecule has 1 saturated carbocycles. The van der Waals surface area contributed by atoms with Crippen LogP contribution in [0.2, 0.25) is 0 Å². The molecule has 2 aromatic heterocycles. The topological polar surface area (TPSA) is 144 Å². The predicted octanol–water partition coefficient (Wildman–Crippen LogP) is 8.00. The van der Waals surface area contributed by atoms with Crippen LogP contribution in [0.25, 0.3) is 22.2 Å². The summed E-state index contributed by atoms with van der Waals surface area (Å²) in [5.41, 5.74) is 4.45. The smallest absolute Gasteiger partial charge is 0.278 e. The molecule has 0 spiro atoms. The van der Waals surface area contributed by atoms with E-state index in [0.29, 0.717) is 46.4 Å². The van der Waals surface area contributed by atoms with E-state index in [-0.39, 0.29) is 30.2 Å². The standard InChI is InChI=1S/C47H52N6O6S/c1-46(2,3)41-29-60-45(50-41)49-36-21-15-7-5-6-12-18-31-27-47(31,44(56)52-59-32-19-13-9-14-20-32)51-42(54)39-25-34(28-53(39)43(36)55)58-40-26-37(30-16-10-8-11-17-30)48-38-24-33(57-4)22-23-35(38)40/h8-14,16-20,22-24,26,29,31,34,36,39H,5-7,15,21,25,27-28H2,1-4H3,(H,49,50)(H,51,54)(H,52,56)/t31-,34-,36+,39+,47-/m1/s1. The summed E-state index contributed by atoms with van der Waals surface area (Å²) >= 11 is 1.48. The Kier molecular flexibility index (Phi) is 11.8. The van der Waals surface area contributed by atoms with Crippen molar-refractivity contribution in [1.29, 1.82) is 0 Å². The zero-order chi connectivity index (χ0) is 41.9. The maximum atomic E-state index is 15.0. The van der Waals surface area contributed by atoms with Crippen LogP contribution in [-0.4, -0.2) is 70.0 Å². The molecule has 1 aliphatic carbocycles. The highest BCUT2D eigenvalue weighted by atomic mass is 32.1. The summed E-state index contributed by atoms with van der Waals surface area (Å²) in [7, 11) is 1.62. The number of hydrogen-bond donors (Lipinski definition) is 3. The number of amides is 3. The molecular weight excluding hydrogens is 777 g/mol. The minimum Gasteiger partial charge on any atom is -0.497 e. The van der Waals surface area contributed by atoms with Gasteiger partial charge in [0.15, 0.2) is 10.9 Å². The average molecular weight is 829 g/mol. The lowest BCUT2D eigenvalue weighted by atomic mass is 9.93. The Morgan fingerprint density at radius 2 is 1.73 bits per heavy atom. The van der Waals surface area contributed by atoms with Crippen molar-refractivity contribution in [3.63, 3.8) is 0 Å². The molecule has 60 heavy (non-hydrogen) atoms. The number of nitrogens with one attached hydrogen (secondary N) is 3. The van der Waals surface area contributed by atoms with Gasteiger partial charge in [-0.1, -0.05) is 94.3 Å². The van der Waals surface area contributed by atoms with Crippen molar-refractivity contribution in [2.75, 3.05) is 19.0 Å². The van der Waals surface area contributed by atoms with Crippen LogP contribution in [-0.2, 0) is 19.8 Å². The number of aromatic nitrogens is 2. The van der Waals surface area contributed by atoms with Crippen molar-refractivity contribution in [2.45, 2.75) is 94.9 Å². The molecule has 4 heterocycles. The Hall–Kier alpha value is -5.95. The van der Waals surface area contributed by atoms with Crippen LogP contribution in [0.15, 0.2) is 102 Å². The van der Waals surface area contributed by atoms with Gasteiger partial charge in [0.2, 0.25) is 11.8 Å². The van der Waals surface area contributed by atoms with Gasteiger partial charge in [0, 0.05) is 46.2 Å². The van der Waals surface area contributed by atoms with E-state index in [1.165, 1.54) is 11.3 Å². The number of ether oxygens (including phenoxy) is 2. The van der Waals surface area contributed by atoms with E-state index < -0.39 is 35.5 Å². The van der Waals surface area contributed by atoms with Gasteiger partial charge in [0.05, 0.1) is 30.6 Å². The first-order chi connectivity index (χ1) is 29.0. The largest absolute Gasteiger partial charge is 0.497 e. The molecule has 8 rings (SSSR count). The van der Waals surface area contributed by atoms with Crippen molar-refractivity contribution >= 4 is 45.1 Å². The van der Waals surface area contributed by atoms with Crippen LogP contribution in [0.4, 0.5) is 5.13 Å². The molecule has 5 aromatic rings. The van der Waals surface area contributed by atoms with Crippen LogP contribution in [0.1, 0.15) is 71.4 Å². The number of carbonyl (C=O) groups is 3. The number of hydroxylamine groups is 1. The summed E-state index contributed by atoms with van der Waals surface area (Å²) in [6.45, 7) is 6.49. The summed E-state index contributed by atoms with van der Waals surface area (Å²) < 4.78 is 12.4. The van der Waals surface area contributed by atoms with Crippen molar-refractivity contribution in [3.8, 4) is 28.5 Å². The third-order valence-electron chi connectivity index (χ3n) is 11.6. The van der Waals surface area contributed by atoms with E-state index in [4.69, 9.17) is 24.3 Å². The van der Waals surface area contributed by atoms with Crippen LogP contribution in [0, 0.1) is 5.92 Å². The lowest BCUT2D eigenvalue weighted by Gasteiger charge is -2.29. The van der Waals surface area contributed by atoms with Crippen molar-refractivity contribution in [3.05, 3.63) is 108 Å². The zero-order valence-electron chi connectivity index (χ0n) is 34.5. The highest BCUT2D eigenvalue weighted by Crippen LogP contribution is 2.46. The number of methoxy groups -OCH3 is 1. The minimum absolute atomic E-state index is 0.153. The first-order valence-corrected chi connectivity index (χ1v) is 21.6. The summed E-state index contributed by atoms with van der Waals surface area (Å²) in [6.07, 6.45) is 8.20. The van der Waals surface area contributed by atoms with Gasteiger partial charge < -0.3 is 29.8 Å². The highest BCUT2D eigenvalue weighted by molar-refractivity contribution is 7.13. The molecular formula is C47H52N6O6S. The minimum atomic E-state index is -1.25. The number of benzene rings is 3. The van der Waals surface area contributed by atoms with Gasteiger partial charge in [-0.2, -0.15) is 5.48 Å². The fourth-order valence-electron chi connectivity index (χ4n) is 8.02. The maximum absolute atomic E-state index is 15.0. The molecule has 0 unspecified atom stereocenters. The lowest BCUT2D eigenvalue weighted by molar-refractivity contribution is -0.141. The number of nitrogens with zero attached hydrogens (tertiary/aromatic N) is 3. The third-order valence-corrected chi connectivity index (χ3v) is 12.3. The van der Waals surface area contributed by atoms with Gasteiger partial charge in [-0.15, -0.1) is 11.3 Å². The molecule has 3 N–H and O–H groups in total. The molecule has 0 radical (unpaired) electrons. The number of hydrogen-bond acceptors (Lipinski definition) is 10. The number of pyridine rings is 1. The number of anilines is 1. The SMILES string of the molecule is COc1ccc2c(O[C@@H]3C[C@H]4C(=O)N[C@]5(C(=O)NOc6ccccc6)C[C@H]5C=CCCCCC[C@H](Nc5nc(C(C)(C)C)cs5)C(=O)N4C3)cc(-c3ccccc3)nc2c1. The molecule has 12 nitrogen and oxygen atoms in total. The monoisotopic (exact) mass is 828 g/mol. The third kappa shape index (κ3) is 8.96.